The van der Waals surface area contributed by atoms with Crippen LogP contribution in [-0.2, 0) is 0 Å². The topological polar surface area (TPSA) is 59.5 Å². The summed E-state index contributed by atoms with van der Waals surface area (Å²) >= 11 is 12.6. The summed E-state index contributed by atoms with van der Waals surface area (Å²) in [6.45, 7) is 4.92. The number of benzene rings is 1. The van der Waals surface area contributed by atoms with E-state index in [1.165, 1.54) is 12.8 Å². The first kappa shape index (κ1) is 19.5. The average Bonchev–Trinajstić information content (AvgIpc) is 3.15. The number of hydrogen-bond acceptors (Lipinski definition) is 4. The predicted octanol–water partition coefficient (Wildman–Crippen LogP) is 5.05. The number of aromatic nitrogens is 3. The first-order valence-corrected chi connectivity index (χ1v) is 10.6. The third-order valence-corrected chi connectivity index (χ3v) is 6.79. The molecule has 28 heavy (non-hydrogen) atoms. The maximum absolute atomic E-state index is 6.43. The van der Waals surface area contributed by atoms with Crippen molar-refractivity contribution in [2.45, 2.75) is 32.6 Å². The van der Waals surface area contributed by atoms with Gasteiger partial charge in [-0.25, -0.2) is 9.97 Å². The Kier molecular flexibility index (Phi) is 5.50. The molecule has 0 aliphatic carbocycles. The van der Waals surface area contributed by atoms with Crippen LogP contribution in [0.5, 0.6) is 0 Å². The number of anilines is 1. The molecule has 5 nitrogen and oxygen atoms in total. The van der Waals surface area contributed by atoms with Crippen molar-refractivity contribution in [3.8, 4) is 11.4 Å². The fourth-order valence-corrected chi connectivity index (χ4v) is 4.70. The van der Waals surface area contributed by atoms with Crippen molar-refractivity contribution in [2.24, 2.45) is 11.1 Å². The number of rotatable bonds is 5. The lowest BCUT2D eigenvalue weighted by molar-refractivity contribution is 0.207. The zero-order valence-corrected chi connectivity index (χ0v) is 17.5. The normalized spacial score (nSPS) is 16.6. The molecule has 3 aromatic rings. The Morgan fingerprint density at radius 2 is 1.96 bits per heavy atom. The number of fused-ring (bicyclic) bond motifs is 1. The number of halogens is 2. The highest BCUT2D eigenvalue weighted by Gasteiger charge is 2.33. The van der Waals surface area contributed by atoms with Crippen LogP contribution in [0.1, 0.15) is 32.6 Å². The molecule has 1 aliphatic heterocycles. The molecule has 3 heterocycles. The number of nitrogens with two attached hydrogens (primary N) is 1. The van der Waals surface area contributed by atoms with Crippen LogP contribution in [0.3, 0.4) is 0 Å². The van der Waals surface area contributed by atoms with Crippen molar-refractivity contribution < 1.29 is 0 Å². The third kappa shape index (κ3) is 3.36. The van der Waals surface area contributed by atoms with E-state index < -0.39 is 0 Å². The van der Waals surface area contributed by atoms with E-state index in [4.69, 9.17) is 28.9 Å². The molecule has 1 fully saturated rings. The Labute approximate surface area is 175 Å². The Hall–Kier alpha value is -1.82. The van der Waals surface area contributed by atoms with E-state index in [1.54, 1.807) is 6.07 Å². The van der Waals surface area contributed by atoms with E-state index in [2.05, 4.69) is 21.8 Å². The molecule has 0 saturated carbocycles. The van der Waals surface area contributed by atoms with Gasteiger partial charge in [0.2, 0.25) is 0 Å². The van der Waals surface area contributed by atoms with Gasteiger partial charge in [0.15, 0.2) is 5.82 Å². The summed E-state index contributed by atoms with van der Waals surface area (Å²) in [5, 5.41) is 1.04. The second-order valence-corrected chi connectivity index (χ2v) is 8.42. The van der Waals surface area contributed by atoms with Crippen molar-refractivity contribution in [1.29, 1.82) is 0 Å². The molecule has 2 N–H and O–H groups in total. The molecule has 0 spiro atoms. The molecule has 0 radical (unpaired) electrons. The summed E-state index contributed by atoms with van der Waals surface area (Å²) in [6.07, 6.45) is 10.2. The molecule has 1 aliphatic rings. The van der Waals surface area contributed by atoms with Crippen LogP contribution in [0.2, 0.25) is 10.0 Å². The van der Waals surface area contributed by atoms with E-state index in [1.807, 2.05) is 35.1 Å². The van der Waals surface area contributed by atoms with Gasteiger partial charge in [0.1, 0.15) is 11.3 Å². The van der Waals surface area contributed by atoms with Crippen LogP contribution in [0.25, 0.3) is 16.9 Å². The highest BCUT2D eigenvalue weighted by atomic mass is 35.5. The molecule has 7 heteroatoms. The summed E-state index contributed by atoms with van der Waals surface area (Å²) in [5.41, 5.74) is 8.19. The summed E-state index contributed by atoms with van der Waals surface area (Å²) in [7, 11) is 0. The highest BCUT2D eigenvalue weighted by molar-refractivity contribution is 6.43. The van der Waals surface area contributed by atoms with Gasteiger partial charge in [0, 0.05) is 31.0 Å². The molecule has 0 atom stereocenters. The second-order valence-electron chi connectivity index (χ2n) is 7.63. The largest absolute Gasteiger partial charge is 0.355 e. The molecule has 1 aromatic carbocycles. The summed E-state index contributed by atoms with van der Waals surface area (Å²) in [5.74, 6) is 1.73. The van der Waals surface area contributed by atoms with Gasteiger partial charge in [-0.05, 0) is 43.4 Å². The molecule has 0 unspecified atom stereocenters. The second kappa shape index (κ2) is 7.90. The van der Waals surface area contributed by atoms with Crippen LogP contribution >= 0.6 is 23.2 Å². The van der Waals surface area contributed by atoms with Crippen molar-refractivity contribution >= 4 is 34.5 Å². The minimum absolute atomic E-state index is 0.274. The maximum Gasteiger partial charge on any atom is 0.154 e. The summed E-state index contributed by atoms with van der Waals surface area (Å²) < 4.78 is 2.04. The standard InChI is InChI=1S/C21H25Cl2N5/c1-2-6-21(14-24)7-10-27(11-8-21)20-17-13-26-19(28(17)12-9-25-20)15-4-3-5-16(22)18(15)23/h3-5,9,12-13H,2,6-8,10-11,14,24H2,1H3. The Morgan fingerprint density at radius 3 is 2.68 bits per heavy atom. The first-order chi connectivity index (χ1) is 13.6. The zero-order valence-electron chi connectivity index (χ0n) is 16.0. The molecule has 4 rings (SSSR count). The molecule has 148 valence electrons. The number of hydrogen-bond donors (Lipinski definition) is 1. The first-order valence-electron chi connectivity index (χ1n) is 9.80. The smallest absolute Gasteiger partial charge is 0.154 e. The Morgan fingerprint density at radius 1 is 1.18 bits per heavy atom. The van der Waals surface area contributed by atoms with Crippen LogP contribution in [0.4, 0.5) is 5.82 Å². The molecule has 0 amide bonds. The molecular formula is C21H25Cl2N5. The van der Waals surface area contributed by atoms with Crippen molar-refractivity contribution in [3.05, 3.63) is 46.8 Å². The van der Waals surface area contributed by atoms with Crippen LogP contribution in [0.15, 0.2) is 36.8 Å². The molecular weight excluding hydrogens is 393 g/mol. The van der Waals surface area contributed by atoms with E-state index >= 15 is 0 Å². The van der Waals surface area contributed by atoms with Gasteiger partial charge >= 0.3 is 0 Å². The minimum atomic E-state index is 0.274. The lowest BCUT2D eigenvalue weighted by Crippen LogP contribution is -2.44. The van der Waals surface area contributed by atoms with Crippen molar-refractivity contribution in [3.63, 3.8) is 0 Å². The molecule has 2 aromatic heterocycles. The van der Waals surface area contributed by atoms with E-state index in [-0.39, 0.29) is 5.41 Å². The average molecular weight is 418 g/mol. The Bertz CT molecular complexity index is 976. The molecule has 0 bridgehead atoms. The highest BCUT2D eigenvalue weighted by Crippen LogP contribution is 2.38. The summed E-state index contributed by atoms with van der Waals surface area (Å²) in [6, 6.07) is 5.60. The van der Waals surface area contributed by atoms with Gasteiger partial charge in [-0.15, -0.1) is 0 Å². The van der Waals surface area contributed by atoms with Gasteiger partial charge in [0.25, 0.3) is 0 Å². The number of imidazole rings is 1. The van der Waals surface area contributed by atoms with Crippen LogP contribution in [-0.4, -0.2) is 34.0 Å². The van der Waals surface area contributed by atoms with Gasteiger partial charge in [-0.1, -0.05) is 42.6 Å². The summed E-state index contributed by atoms with van der Waals surface area (Å²) in [4.78, 5) is 11.7. The fraction of sp³-hybridized carbons (Fsp3) is 0.429. The lowest BCUT2D eigenvalue weighted by Gasteiger charge is -2.41. The third-order valence-electron chi connectivity index (χ3n) is 5.97. The predicted molar refractivity (Wildman–Crippen MR) is 116 cm³/mol. The number of nitrogens with zero attached hydrogens (tertiary/aromatic N) is 4. The number of piperidine rings is 1. The van der Waals surface area contributed by atoms with Crippen LogP contribution < -0.4 is 10.6 Å². The van der Waals surface area contributed by atoms with Gasteiger partial charge in [0.05, 0.1) is 16.2 Å². The van der Waals surface area contributed by atoms with E-state index in [9.17, 15) is 0 Å². The van der Waals surface area contributed by atoms with E-state index in [0.717, 1.165) is 55.2 Å². The van der Waals surface area contributed by atoms with Gasteiger partial charge in [-0.3, -0.25) is 4.40 Å². The quantitative estimate of drug-likeness (QED) is 0.630. The Balaban J connectivity index is 1.67. The fourth-order valence-electron chi connectivity index (χ4n) is 4.31. The van der Waals surface area contributed by atoms with Crippen molar-refractivity contribution in [1.82, 2.24) is 14.4 Å². The van der Waals surface area contributed by atoms with Crippen molar-refractivity contribution in [2.75, 3.05) is 24.5 Å². The monoisotopic (exact) mass is 417 g/mol. The van der Waals surface area contributed by atoms with E-state index in [0.29, 0.717) is 10.0 Å². The lowest BCUT2D eigenvalue weighted by atomic mass is 9.75. The van der Waals surface area contributed by atoms with Gasteiger partial charge < -0.3 is 10.6 Å². The minimum Gasteiger partial charge on any atom is -0.355 e. The SMILES string of the molecule is CCCC1(CN)CCN(c2nccn3c(-c4cccc(Cl)c4Cl)ncc23)CC1. The molecule has 1 saturated heterocycles. The zero-order chi connectivity index (χ0) is 19.7. The van der Waals surface area contributed by atoms with Crippen LogP contribution in [0, 0.1) is 5.41 Å². The van der Waals surface area contributed by atoms with Gasteiger partial charge in [-0.2, -0.15) is 0 Å². The maximum atomic E-state index is 6.43.